The number of carbonyl (C=O) groups excluding carboxylic acids is 2. The molecule has 1 atom stereocenters. The molecule has 150 valence electrons. The minimum Gasteiger partial charge on any atom is -0.497 e. The summed E-state index contributed by atoms with van der Waals surface area (Å²) >= 11 is 1.39. The number of aliphatic hydroxyl groups is 1. The highest BCUT2D eigenvalue weighted by Gasteiger charge is 2.15. The first-order chi connectivity index (χ1) is 14.1. The van der Waals surface area contributed by atoms with Crippen molar-refractivity contribution in [2.75, 3.05) is 7.11 Å². The lowest BCUT2D eigenvalue weighted by atomic mass is 10.1. The summed E-state index contributed by atoms with van der Waals surface area (Å²) in [5.41, 5.74) is 1.67. The highest BCUT2D eigenvalue weighted by atomic mass is 32.1. The third-order valence-electron chi connectivity index (χ3n) is 4.31. The Labute approximate surface area is 173 Å². The lowest BCUT2D eigenvalue weighted by Gasteiger charge is -2.08. The average molecular weight is 410 g/mol. The van der Waals surface area contributed by atoms with Gasteiger partial charge in [-0.2, -0.15) is 0 Å². The SMILES string of the molecule is COc1ccc(CNC(=O)C(=O)NCc2ccc(C(O)c3ccccc3)s2)cc1. The standard InChI is InChI=1S/C22H22N2O4S/c1-28-17-9-7-15(8-10-17)13-23-21(26)22(27)24-14-18-11-12-19(29-18)20(25)16-5-3-2-4-6-16/h2-12,20,25H,13-14H2,1H3,(H,23,26)(H,24,27). The molecular weight excluding hydrogens is 388 g/mol. The second-order valence-corrected chi connectivity index (χ2v) is 7.53. The zero-order chi connectivity index (χ0) is 20.6. The number of thiophene rings is 1. The maximum atomic E-state index is 12.0. The van der Waals surface area contributed by atoms with E-state index in [2.05, 4.69) is 10.6 Å². The number of aliphatic hydroxyl groups excluding tert-OH is 1. The summed E-state index contributed by atoms with van der Waals surface area (Å²) in [6.45, 7) is 0.476. The quantitative estimate of drug-likeness (QED) is 0.523. The van der Waals surface area contributed by atoms with Gasteiger partial charge in [0.15, 0.2) is 0 Å². The van der Waals surface area contributed by atoms with Gasteiger partial charge in [0.2, 0.25) is 0 Å². The number of ether oxygens (including phenoxy) is 1. The molecule has 1 unspecified atom stereocenters. The van der Waals surface area contributed by atoms with Crippen molar-refractivity contribution < 1.29 is 19.4 Å². The van der Waals surface area contributed by atoms with Crippen LogP contribution in [0.1, 0.15) is 27.0 Å². The molecule has 2 aromatic carbocycles. The van der Waals surface area contributed by atoms with Gasteiger partial charge in [0, 0.05) is 16.3 Å². The first kappa shape index (κ1) is 20.6. The average Bonchev–Trinajstić information content (AvgIpc) is 3.25. The van der Waals surface area contributed by atoms with Crippen LogP contribution < -0.4 is 15.4 Å². The van der Waals surface area contributed by atoms with E-state index >= 15 is 0 Å². The largest absolute Gasteiger partial charge is 0.497 e. The molecule has 0 aliphatic heterocycles. The maximum Gasteiger partial charge on any atom is 0.309 e. The molecule has 3 rings (SSSR count). The maximum absolute atomic E-state index is 12.0. The van der Waals surface area contributed by atoms with Crippen molar-refractivity contribution >= 4 is 23.2 Å². The summed E-state index contributed by atoms with van der Waals surface area (Å²) in [6.07, 6.45) is -0.710. The van der Waals surface area contributed by atoms with Crippen LogP contribution in [0.2, 0.25) is 0 Å². The summed E-state index contributed by atoms with van der Waals surface area (Å²) in [6, 6.07) is 20.2. The zero-order valence-electron chi connectivity index (χ0n) is 15.9. The molecule has 7 heteroatoms. The Morgan fingerprint density at radius 1 is 0.931 bits per heavy atom. The van der Waals surface area contributed by atoms with Crippen LogP contribution in [0.3, 0.4) is 0 Å². The van der Waals surface area contributed by atoms with E-state index in [1.807, 2.05) is 54.6 Å². The third-order valence-corrected chi connectivity index (χ3v) is 5.45. The van der Waals surface area contributed by atoms with Crippen LogP contribution in [0.15, 0.2) is 66.7 Å². The fourth-order valence-corrected chi connectivity index (χ4v) is 3.66. The van der Waals surface area contributed by atoms with E-state index in [1.165, 1.54) is 11.3 Å². The fraction of sp³-hybridized carbons (Fsp3) is 0.182. The number of carbonyl (C=O) groups is 2. The summed E-state index contributed by atoms with van der Waals surface area (Å²) in [5.74, 6) is -0.662. The molecular formula is C22H22N2O4S. The third kappa shape index (κ3) is 5.66. The molecule has 6 nitrogen and oxygen atoms in total. The second-order valence-electron chi connectivity index (χ2n) is 6.33. The Morgan fingerprint density at radius 3 is 2.24 bits per heavy atom. The van der Waals surface area contributed by atoms with Gasteiger partial charge in [0.05, 0.1) is 13.7 Å². The van der Waals surface area contributed by atoms with E-state index in [4.69, 9.17) is 4.74 Å². The van der Waals surface area contributed by atoms with Gasteiger partial charge < -0.3 is 20.5 Å². The summed E-state index contributed by atoms with van der Waals surface area (Å²) < 4.78 is 5.08. The van der Waals surface area contributed by atoms with Crippen LogP contribution in [0.4, 0.5) is 0 Å². The Balaban J connectivity index is 1.47. The molecule has 29 heavy (non-hydrogen) atoms. The first-order valence-corrected chi connectivity index (χ1v) is 9.89. The number of methoxy groups -OCH3 is 1. The molecule has 0 fully saturated rings. The normalized spacial score (nSPS) is 11.5. The smallest absolute Gasteiger partial charge is 0.309 e. The molecule has 0 saturated heterocycles. The lowest BCUT2D eigenvalue weighted by molar-refractivity contribution is -0.139. The summed E-state index contributed by atoms with van der Waals surface area (Å²) in [5, 5.41) is 15.6. The molecule has 0 bridgehead atoms. The van der Waals surface area contributed by atoms with E-state index in [0.29, 0.717) is 0 Å². The predicted octanol–water partition coefficient (Wildman–Crippen LogP) is 2.77. The van der Waals surface area contributed by atoms with Gasteiger partial charge in [-0.05, 0) is 35.4 Å². The van der Waals surface area contributed by atoms with Crippen LogP contribution in [0.5, 0.6) is 5.75 Å². The van der Waals surface area contributed by atoms with Crippen LogP contribution >= 0.6 is 11.3 Å². The van der Waals surface area contributed by atoms with Crippen molar-refractivity contribution in [3.63, 3.8) is 0 Å². The predicted molar refractivity (Wildman–Crippen MR) is 112 cm³/mol. The van der Waals surface area contributed by atoms with Gasteiger partial charge in [0.1, 0.15) is 11.9 Å². The number of rotatable bonds is 7. The lowest BCUT2D eigenvalue weighted by Crippen LogP contribution is -2.39. The molecule has 0 aliphatic carbocycles. The molecule has 2 amide bonds. The molecule has 3 aromatic rings. The minimum absolute atomic E-state index is 0.223. The Hall–Kier alpha value is -3.16. The Kier molecular flexibility index (Phi) is 6.99. The van der Waals surface area contributed by atoms with E-state index < -0.39 is 17.9 Å². The van der Waals surface area contributed by atoms with Crippen LogP contribution in [0.25, 0.3) is 0 Å². The number of hydrogen-bond donors (Lipinski definition) is 3. The van der Waals surface area contributed by atoms with Crippen molar-refractivity contribution in [3.05, 3.63) is 87.6 Å². The number of benzene rings is 2. The van der Waals surface area contributed by atoms with E-state index in [1.54, 1.807) is 19.2 Å². The van der Waals surface area contributed by atoms with Crippen LogP contribution in [-0.2, 0) is 22.7 Å². The van der Waals surface area contributed by atoms with Crippen molar-refractivity contribution in [1.29, 1.82) is 0 Å². The number of hydrogen-bond acceptors (Lipinski definition) is 5. The van der Waals surface area contributed by atoms with Gasteiger partial charge in [-0.3, -0.25) is 9.59 Å². The molecule has 0 saturated carbocycles. The van der Waals surface area contributed by atoms with E-state index in [9.17, 15) is 14.7 Å². The van der Waals surface area contributed by atoms with E-state index in [-0.39, 0.29) is 13.1 Å². The summed E-state index contributed by atoms with van der Waals surface area (Å²) in [7, 11) is 1.58. The monoisotopic (exact) mass is 410 g/mol. The highest BCUT2D eigenvalue weighted by molar-refractivity contribution is 7.12. The van der Waals surface area contributed by atoms with Gasteiger partial charge in [-0.15, -0.1) is 11.3 Å². The van der Waals surface area contributed by atoms with E-state index in [0.717, 1.165) is 26.6 Å². The molecule has 0 spiro atoms. The van der Waals surface area contributed by atoms with Crippen molar-refractivity contribution in [1.82, 2.24) is 10.6 Å². The number of nitrogens with one attached hydrogen (secondary N) is 2. The molecule has 0 radical (unpaired) electrons. The van der Waals surface area contributed by atoms with Crippen LogP contribution in [0, 0.1) is 0 Å². The van der Waals surface area contributed by atoms with Gasteiger partial charge in [-0.25, -0.2) is 0 Å². The molecule has 0 aliphatic rings. The summed E-state index contributed by atoms with van der Waals surface area (Å²) in [4.78, 5) is 25.6. The second kappa shape index (κ2) is 9.86. The topological polar surface area (TPSA) is 87.7 Å². The Morgan fingerprint density at radius 2 is 1.59 bits per heavy atom. The fourth-order valence-electron chi connectivity index (χ4n) is 2.69. The molecule has 1 heterocycles. The van der Waals surface area contributed by atoms with Gasteiger partial charge in [-0.1, -0.05) is 42.5 Å². The molecule has 1 aromatic heterocycles. The number of amides is 2. The van der Waals surface area contributed by atoms with Crippen molar-refractivity contribution in [2.24, 2.45) is 0 Å². The first-order valence-electron chi connectivity index (χ1n) is 9.07. The minimum atomic E-state index is -0.710. The van der Waals surface area contributed by atoms with Crippen LogP contribution in [-0.4, -0.2) is 24.0 Å². The van der Waals surface area contributed by atoms with Gasteiger partial charge >= 0.3 is 11.8 Å². The zero-order valence-corrected chi connectivity index (χ0v) is 16.7. The highest BCUT2D eigenvalue weighted by Crippen LogP contribution is 2.28. The van der Waals surface area contributed by atoms with Crippen molar-refractivity contribution in [2.45, 2.75) is 19.2 Å². The van der Waals surface area contributed by atoms with Gasteiger partial charge in [0.25, 0.3) is 0 Å². The van der Waals surface area contributed by atoms with Crippen molar-refractivity contribution in [3.8, 4) is 5.75 Å². The Bertz CT molecular complexity index is 954. The molecule has 3 N–H and O–H groups in total.